The molecule has 1 aromatic rings. The highest BCUT2D eigenvalue weighted by atomic mass is 32.1. The number of hydrogen-bond acceptors (Lipinski definition) is 4. The zero-order valence-corrected chi connectivity index (χ0v) is 12.5. The van der Waals surface area contributed by atoms with E-state index in [4.69, 9.17) is 9.47 Å². The standard InChI is InChI=1S/C15H22O3S/c1-11-3-4-13(19-11)14(2,16)12-5-7-18-15(9-12)6-8-17-10-15/h3-4,12,16H,5-10H2,1-2H3. The van der Waals surface area contributed by atoms with Gasteiger partial charge in [-0.25, -0.2) is 0 Å². The van der Waals surface area contributed by atoms with Gasteiger partial charge in [0.1, 0.15) is 0 Å². The molecule has 3 rings (SSSR count). The van der Waals surface area contributed by atoms with Gasteiger partial charge < -0.3 is 14.6 Å². The Labute approximate surface area is 118 Å². The topological polar surface area (TPSA) is 38.7 Å². The van der Waals surface area contributed by atoms with Gasteiger partial charge in [0.25, 0.3) is 0 Å². The first-order valence-corrected chi connectivity index (χ1v) is 7.85. The van der Waals surface area contributed by atoms with Gasteiger partial charge in [0.05, 0.1) is 17.8 Å². The van der Waals surface area contributed by atoms with E-state index in [0.29, 0.717) is 6.61 Å². The second kappa shape index (κ2) is 4.85. The Hall–Kier alpha value is -0.420. The first-order chi connectivity index (χ1) is 9.02. The largest absolute Gasteiger partial charge is 0.384 e. The first-order valence-electron chi connectivity index (χ1n) is 7.03. The molecule has 1 N–H and O–H groups in total. The zero-order valence-electron chi connectivity index (χ0n) is 11.6. The molecule has 4 heteroatoms. The van der Waals surface area contributed by atoms with Crippen molar-refractivity contribution in [1.82, 2.24) is 0 Å². The highest BCUT2D eigenvalue weighted by Crippen LogP contribution is 2.45. The summed E-state index contributed by atoms with van der Waals surface area (Å²) in [6.07, 6.45) is 2.78. The van der Waals surface area contributed by atoms with Crippen molar-refractivity contribution in [2.24, 2.45) is 5.92 Å². The van der Waals surface area contributed by atoms with Gasteiger partial charge in [0.15, 0.2) is 0 Å². The molecule has 2 fully saturated rings. The van der Waals surface area contributed by atoms with Crippen molar-refractivity contribution in [3.05, 3.63) is 21.9 Å². The van der Waals surface area contributed by atoms with E-state index in [-0.39, 0.29) is 11.5 Å². The third kappa shape index (κ3) is 2.47. The zero-order chi connectivity index (χ0) is 13.5. The van der Waals surface area contributed by atoms with Gasteiger partial charge in [-0.1, -0.05) is 0 Å². The van der Waals surface area contributed by atoms with Crippen LogP contribution in [0.15, 0.2) is 12.1 Å². The van der Waals surface area contributed by atoms with Crippen molar-refractivity contribution in [2.75, 3.05) is 19.8 Å². The molecule has 3 unspecified atom stereocenters. The number of rotatable bonds is 2. The van der Waals surface area contributed by atoms with Crippen molar-refractivity contribution in [2.45, 2.75) is 44.3 Å². The van der Waals surface area contributed by atoms with Gasteiger partial charge in [0, 0.05) is 29.4 Å². The average Bonchev–Trinajstić information content (AvgIpc) is 3.00. The molecule has 2 aliphatic rings. The lowest BCUT2D eigenvalue weighted by Crippen LogP contribution is -2.46. The molecule has 2 aliphatic heterocycles. The highest BCUT2D eigenvalue weighted by molar-refractivity contribution is 7.12. The number of aliphatic hydroxyl groups is 1. The first kappa shape index (κ1) is 13.6. The maximum absolute atomic E-state index is 11.0. The SMILES string of the molecule is Cc1ccc(C(C)(O)C2CCOC3(CCOC3)C2)s1. The van der Waals surface area contributed by atoms with Crippen molar-refractivity contribution < 1.29 is 14.6 Å². The summed E-state index contributed by atoms with van der Waals surface area (Å²) in [7, 11) is 0. The molecule has 1 aromatic heterocycles. The molecular formula is C15H22O3S. The van der Waals surface area contributed by atoms with Crippen LogP contribution in [0.4, 0.5) is 0 Å². The van der Waals surface area contributed by atoms with E-state index in [1.807, 2.05) is 6.92 Å². The Morgan fingerprint density at radius 1 is 1.42 bits per heavy atom. The lowest BCUT2D eigenvalue weighted by atomic mass is 9.75. The van der Waals surface area contributed by atoms with E-state index in [1.54, 1.807) is 11.3 Å². The molecule has 1 spiro atoms. The third-order valence-corrected chi connectivity index (χ3v) is 5.82. The Bertz CT molecular complexity index is 446. The van der Waals surface area contributed by atoms with Crippen molar-refractivity contribution >= 4 is 11.3 Å². The van der Waals surface area contributed by atoms with Gasteiger partial charge in [-0.15, -0.1) is 11.3 Å². The molecule has 106 valence electrons. The number of ether oxygens (including phenoxy) is 2. The molecule has 2 saturated heterocycles. The number of aryl methyl sites for hydroxylation is 1. The Morgan fingerprint density at radius 2 is 2.26 bits per heavy atom. The van der Waals surface area contributed by atoms with E-state index in [1.165, 1.54) is 4.88 Å². The Kier molecular flexibility index (Phi) is 3.46. The minimum absolute atomic E-state index is 0.140. The normalized spacial score (nSPS) is 34.6. The molecule has 0 amide bonds. The molecule has 0 radical (unpaired) electrons. The van der Waals surface area contributed by atoms with Crippen LogP contribution in [-0.2, 0) is 15.1 Å². The van der Waals surface area contributed by atoms with Crippen molar-refractivity contribution in [3.63, 3.8) is 0 Å². The Balaban J connectivity index is 1.80. The van der Waals surface area contributed by atoms with Crippen LogP contribution in [0.5, 0.6) is 0 Å². The Morgan fingerprint density at radius 3 is 2.89 bits per heavy atom. The predicted octanol–water partition coefficient (Wildman–Crippen LogP) is 2.85. The summed E-state index contributed by atoms with van der Waals surface area (Å²) < 4.78 is 11.5. The molecule has 0 bridgehead atoms. The minimum Gasteiger partial charge on any atom is -0.384 e. The molecule has 3 heterocycles. The average molecular weight is 282 g/mol. The number of thiophene rings is 1. The second-order valence-electron chi connectivity index (χ2n) is 6.08. The maximum atomic E-state index is 11.0. The summed E-state index contributed by atoms with van der Waals surface area (Å²) >= 11 is 1.70. The van der Waals surface area contributed by atoms with Gasteiger partial charge in [-0.05, 0) is 44.7 Å². The maximum Gasteiger partial charge on any atom is 0.0989 e. The fraction of sp³-hybridized carbons (Fsp3) is 0.733. The summed E-state index contributed by atoms with van der Waals surface area (Å²) in [5.41, 5.74) is -0.891. The van der Waals surface area contributed by atoms with Crippen LogP contribution in [-0.4, -0.2) is 30.5 Å². The van der Waals surface area contributed by atoms with Crippen LogP contribution in [0, 0.1) is 12.8 Å². The molecule has 0 aromatic carbocycles. The quantitative estimate of drug-likeness (QED) is 0.906. The van der Waals surface area contributed by atoms with Crippen LogP contribution in [0.1, 0.15) is 35.9 Å². The van der Waals surface area contributed by atoms with E-state index in [2.05, 4.69) is 19.1 Å². The van der Waals surface area contributed by atoms with Crippen LogP contribution in [0.25, 0.3) is 0 Å². The summed E-state index contributed by atoms with van der Waals surface area (Å²) in [6.45, 7) is 6.24. The summed E-state index contributed by atoms with van der Waals surface area (Å²) in [5.74, 6) is 0.251. The van der Waals surface area contributed by atoms with E-state index in [9.17, 15) is 5.11 Å². The number of hydrogen-bond donors (Lipinski definition) is 1. The summed E-state index contributed by atoms with van der Waals surface area (Å²) in [4.78, 5) is 2.33. The molecule has 0 aliphatic carbocycles. The molecule has 0 saturated carbocycles. The lowest BCUT2D eigenvalue weighted by Gasteiger charge is -2.42. The highest BCUT2D eigenvalue weighted by Gasteiger charge is 2.47. The van der Waals surface area contributed by atoms with Crippen LogP contribution in [0.2, 0.25) is 0 Å². The van der Waals surface area contributed by atoms with Crippen molar-refractivity contribution in [1.29, 1.82) is 0 Å². The van der Waals surface area contributed by atoms with Gasteiger partial charge in [0.2, 0.25) is 0 Å². The molecule has 19 heavy (non-hydrogen) atoms. The van der Waals surface area contributed by atoms with Crippen LogP contribution in [0.3, 0.4) is 0 Å². The third-order valence-electron chi connectivity index (χ3n) is 4.59. The molecular weight excluding hydrogens is 260 g/mol. The smallest absolute Gasteiger partial charge is 0.0989 e. The van der Waals surface area contributed by atoms with E-state index < -0.39 is 5.60 Å². The van der Waals surface area contributed by atoms with Crippen LogP contribution >= 0.6 is 11.3 Å². The monoisotopic (exact) mass is 282 g/mol. The predicted molar refractivity (Wildman–Crippen MR) is 75.5 cm³/mol. The summed E-state index contributed by atoms with van der Waals surface area (Å²) in [5, 5.41) is 11.0. The van der Waals surface area contributed by atoms with Crippen LogP contribution < -0.4 is 0 Å². The van der Waals surface area contributed by atoms with Gasteiger partial charge >= 0.3 is 0 Å². The van der Waals surface area contributed by atoms with Gasteiger partial charge in [-0.3, -0.25) is 0 Å². The second-order valence-corrected chi connectivity index (χ2v) is 7.37. The van der Waals surface area contributed by atoms with Gasteiger partial charge in [-0.2, -0.15) is 0 Å². The fourth-order valence-corrected chi connectivity index (χ4v) is 4.27. The molecule has 3 nitrogen and oxygen atoms in total. The van der Waals surface area contributed by atoms with E-state index >= 15 is 0 Å². The van der Waals surface area contributed by atoms with E-state index in [0.717, 1.165) is 37.4 Å². The lowest BCUT2D eigenvalue weighted by molar-refractivity contribution is -0.140. The molecule has 3 atom stereocenters. The fourth-order valence-electron chi connectivity index (χ4n) is 3.28. The van der Waals surface area contributed by atoms with Crippen molar-refractivity contribution in [3.8, 4) is 0 Å². The summed E-state index contributed by atoms with van der Waals surface area (Å²) in [6, 6.07) is 4.15. The minimum atomic E-state index is -0.752.